The number of hydrogen-bond acceptors (Lipinski definition) is 3. The van der Waals surface area contributed by atoms with E-state index in [-0.39, 0.29) is 0 Å². The van der Waals surface area contributed by atoms with E-state index >= 15 is 0 Å². The van der Waals surface area contributed by atoms with Crippen molar-refractivity contribution in [2.24, 2.45) is 0 Å². The van der Waals surface area contributed by atoms with E-state index in [0.29, 0.717) is 0 Å². The first-order chi connectivity index (χ1) is 21.3. The predicted molar refractivity (Wildman–Crippen MR) is 178 cm³/mol. The van der Waals surface area contributed by atoms with Crippen molar-refractivity contribution in [3.63, 3.8) is 0 Å². The lowest BCUT2D eigenvalue weighted by Gasteiger charge is -2.11. The van der Waals surface area contributed by atoms with E-state index in [1.54, 1.807) is 0 Å². The molecule has 0 saturated heterocycles. The molecule has 0 aliphatic rings. The molecule has 0 fully saturated rings. The van der Waals surface area contributed by atoms with Gasteiger partial charge in [0, 0.05) is 46.5 Å². The molecule has 3 heteroatoms. The van der Waals surface area contributed by atoms with Crippen molar-refractivity contribution < 1.29 is 4.42 Å². The molecule has 9 rings (SSSR count). The summed E-state index contributed by atoms with van der Waals surface area (Å²) in [6.45, 7) is 0. The Morgan fingerprint density at radius 3 is 1.44 bits per heavy atom. The summed E-state index contributed by atoms with van der Waals surface area (Å²) in [5.41, 5.74) is 8.49. The molecule has 9 aromatic rings. The molecule has 3 heterocycles. The summed E-state index contributed by atoms with van der Waals surface area (Å²) in [4.78, 5) is 8.48. The van der Waals surface area contributed by atoms with Crippen LogP contribution in [0.4, 0.5) is 0 Å². The Labute approximate surface area is 247 Å². The van der Waals surface area contributed by atoms with Crippen LogP contribution in [0.1, 0.15) is 0 Å². The van der Waals surface area contributed by atoms with Gasteiger partial charge in [-0.05, 0) is 103 Å². The van der Waals surface area contributed by atoms with Crippen molar-refractivity contribution in [3.8, 4) is 33.4 Å². The van der Waals surface area contributed by atoms with Crippen LogP contribution in [0.25, 0.3) is 87.6 Å². The van der Waals surface area contributed by atoms with Gasteiger partial charge in [0.05, 0.1) is 0 Å². The zero-order valence-electron chi connectivity index (χ0n) is 23.2. The molecule has 0 aliphatic heterocycles. The van der Waals surface area contributed by atoms with Crippen LogP contribution in [0.15, 0.2) is 151 Å². The van der Waals surface area contributed by atoms with Gasteiger partial charge < -0.3 is 4.42 Å². The number of rotatable bonds is 3. The summed E-state index contributed by atoms with van der Waals surface area (Å²) >= 11 is 0. The van der Waals surface area contributed by atoms with E-state index in [2.05, 4.69) is 131 Å². The average molecular weight is 549 g/mol. The van der Waals surface area contributed by atoms with Crippen LogP contribution in [0.5, 0.6) is 0 Å². The van der Waals surface area contributed by atoms with Crippen molar-refractivity contribution in [1.29, 1.82) is 0 Å². The van der Waals surface area contributed by atoms with E-state index in [0.717, 1.165) is 60.7 Å². The fourth-order valence-corrected chi connectivity index (χ4v) is 6.68. The second kappa shape index (κ2) is 9.37. The SMILES string of the molecule is c1cc(-c2cc(-c3ccncc3)cc(-c3ccncc3)c2)c2oc3c(ccc4c5ccccc5c5ccccc5c43)c2c1. The Kier molecular flexibility index (Phi) is 5.20. The number of aromatic nitrogens is 2. The second-order valence-corrected chi connectivity index (χ2v) is 11.0. The highest BCUT2D eigenvalue weighted by atomic mass is 16.3. The van der Waals surface area contributed by atoms with Crippen LogP contribution in [0.2, 0.25) is 0 Å². The zero-order chi connectivity index (χ0) is 28.3. The topological polar surface area (TPSA) is 38.9 Å². The smallest absolute Gasteiger partial charge is 0.143 e. The molecule has 0 N–H and O–H groups in total. The maximum Gasteiger partial charge on any atom is 0.143 e. The van der Waals surface area contributed by atoms with E-state index < -0.39 is 0 Å². The Hall–Kier alpha value is -5.80. The average Bonchev–Trinajstić information content (AvgIpc) is 3.48. The number of furan rings is 1. The number of fused-ring (bicyclic) bond motifs is 10. The summed E-state index contributed by atoms with van der Waals surface area (Å²) < 4.78 is 6.98. The molecule has 0 amide bonds. The van der Waals surface area contributed by atoms with Crippen molar-refractivity contribution in [1.82, 2.24) is 9.97 Å². The lowest BCUT2D eigenvalue weighted by atomic mass is 9.92. The fraction of sp³-hybridized carbons (Fsp3) is 0. The highest BCUT2D eigenvalue weighted by Gasteiger charge is 2.18. The standard InChI is InChI=1S/C40H24N2O/c1-2-8-33-31(6-1)32-7-3-4-9-34(32)38-35(33)12-13-37-36-11-5-10-30(39(36)43-40(37)38)29-23-27(25-14-18-41-19-15-25)22-28(24-29)26-16-20-42-21-17-26/h1-24H. The highest BCUT2D eigenvalue weighted by Crippen LogP contribution is 2.44. The minimum absolute atomic E-state index is 0.898. The fourth-order valence-electron chi connectivity index (χ4n) is 6.68. The number of benzene rings is 6. The van der Waals surface area contributed by atoms with Gasteiger partial charge in [0.25, 0.3) is 0 Å². The maximum absolute atomic E-state index is 6.98. The van der Waals surface area contributed by atoms with Crippen LogP contribution in [0, 0.1) is 0 Å². The van der Waals surface area contributed by atoms with Gasteiger partial charge in [-0.3, -0.25) is 9.97 Å². The van der Waals surface area contributed by atoms with Crippen molar-refractivity contribution >= 4 is 54.3 Å². The Bertz CT molecular complexity index is 2400. The molecule has 3 nitrogen and oxygen atoms in total. The van der Waals surface area contributed by atoms with Gasteiger partial charge in [-0.2, -0.15) is 0 Å². The summed E-state index contributed by atoms with van der Waals surface area (Å²) in [7, 11) is 0. The molecule has 0 unspecified atom stereocenters. The quantitative estimate of drug-likeness (QED) is 0.206. The first-order valence-electron chi connectivity index (χ1n) is 14.5. The molecular formula is C40H24N2O. The van der Waals surface area contributed by atoms with Gasteiger partial charge >= 0.3 is 0 Å². The molecule has 6 aromatic carbocycles. The molecule has 3 aromatic heterocycles. The molecule has 0 spiro atoms. The molecule has 0 bridgehead atoms. The van der Waals surface area contributed by atoms with Gasteiger partial charge in [0.15, 0.2) is 0 Å². The summed E-state index contributed by atoms with van der Waals surface area (Å²) in [5.74, 6) is 0. The van der Waals surface area contributed by atoms with Crippen LogP contribution >= 0.6 is 0 Å². The number of hydrogen-bond donors (Lipinski definition) is 0. The first kappa shape index (κ1) is 23.9. The third kappa shape index (κ3) is 3.68. The van der Waals surface area contributed by atoms with Crippen LogP contribution < -0.4 is 0 Å². The molecule has 0 aliphatic carbocycles. The number of pyridine rings is 2. The van der Waals surface area contributed by atoms with E-state index in [1.165, 1.54) is 26.9 Å². The minimum atomic E-state index is 0.898. The van der Waals surface area contributed by atoms with Crippen LogP contribution in [0.3, 0.4) is 0 Å². The van der Waals surface area contributed by atoms with Crippen LogP contribution in [-0.2, 0) is 0 Å². The van der Waals surface area contributed by atoms with Crippen molar-refractivity contribution in [2.45, 2.75) is 0 Å². The summed E-state index contributed by atoms with van der Waals surface area (Å²) in [6.07, 6.45) is 7.36. The Balaban J connectivity index is 1.37. The third-order valence-electron chi connectivity index (χ3n) is 8.64. The van der Waals surface area contributed by atoms with Gasteiger partial charge in [-0.1, -0.05) is 72.8 Å². The molecule has 0 radical (unpaired) electrons. The number of para-hydroxylation sites is 1. The molecule has 200 valence electrons. The minimum Gasteiger partial charge on any atom is -0.455 e. The summed E-state index contributed by atoms with van der Waals surface area (Å²) in [6, 6.07) is 43.3. The van der Waals surface area contributed by atoms with Crippen LogP contribution in [-0.4, -0.2) is 9.97 Å². The largest absolute Gasteiger partial charge is 0.455 e. The van der Waals surface area contributed by atoms with Gasteiger partial charge in [0.2, 0.25) is 0 Å². The Morgan fingerprint density at radius 1 is 0.349 bits per heavy atom. The molecular weight excluding hydrogens is 524 g/mol. The zero-order valence-corrected chi connectivity index (χ0v) is 23.2. The first-order valence-corrected chi connectivity index (χ1v) is 14.5. The van der Waals surface area contributed by atoms with Crippen molar-refractivity contribution in [2.75, 3.05) is 0 Å². The monoisotopic (exact) mass is 548 g/mol. The molecule has 0 saturated carbocycles. The number of nitrogens with zero attached hydrogens (tertiary/aromatic N) is 2. The normalized spacial score (nSPS) is 11.7. The lowest BCUT2D eigenvalue weighted by molar-refractivity contribution is 0.674. The maximum atomic E-state index is 6.98. The summed E-state index contributed by atoms with van der Waals surface area (Å²) in [5, 5.41) is 9.58. The predicted octanol–water partition coefficient (Wildman–Crippen LogP) is 10.8. The van der Waals surface area contributed by atoms with Gasteiger partial charge in [-0.15, -0.1) is 0 Å². The van der Waals surface area contributed by atoms with E-state index in [1.807, 2.05) is 24.8 Å². The van der Waals surface area contributed by atoms with E-state index in [9.17, 15) is 0 Å². The second-order valence-electron chi connectivity index (χ2n) is 11.0. The van der Waals surface area contributed by atoms with Crippen molar-refractivity contribution in [3.05, 3.63) is 146 Å². The van der Waals surface area contributed by atoms with Gasteiger partial charge in [0.1, 0.15) is 11.2 Å². The van der Waals surface area contributed by atoms with Gasteiger partial charge in [-0.25, -0.2) is 0 Å². The lowest BCUT2D eigenvalue weighted by Crippen LogP contribution is -1.87. The Morgan fingerprint density at radius 2 is 0.814 bits per heavy atom. The molecule has 43 heavy (non-hydrogen) atoms. The van der Waals surface area contributed by atoms with E-state index in [4.69, 9.17) is 4.42 Å². The third-order valence-corrected chi connectivity index (χ3v) is 8.64. The highest BCUT2D eigenvalue weighted by molar-refractivity contribution is 6.32. The molecule has 0 atom stereocenters.